The summed E-state index contributed by atoms with van der Waals surface area (Å²) in [6, 6.07) is 3.06. The highest BCUT2D eigenvalue weighted by Gasteiger charge is 2.62. The number of pyridine rings is 1. The molecule has 1 saturated heterocycles. The van der Waals surface area contributed by atoms with Crippen LogP contribution < -0.4 is 31.2 Å². The van der Waals surface area contributed by atoms with Gasteiger partial charge >= 0.3 is 12.1 Å². The van der Waals surface area contributed by atoms with Crippen molar-refractivity contribution in [3.63, 3.8) is 0 Å². The first-order chi connectivity index (χ1) is 28.5. The number of methoxy groups -OCH3 is 2. The summed E-state index contributed by atoms with van der Waals surface area (Å²) in [4.78, 5) is 66.0. The van der Waals surface area contributed by atoms with Crippen LogP contribution in [0, 0.1) is 23.2 Å². The van der Waals surface area contributed by atoms with Gasteiger partial charge < -0.3 is 50.3 Å². The maximum Gasteiger partial charge on any atom is 0.408 e. The summed E-state index contributed by atoms with van der Waals surface area (Å²) in [6.07, 6.45) is 5.58. The van der Waals surface area contributed by atoms with Crippen LogP contribution in [0.3, 0.4) is 0 Å². The molecule has 0 spiro atoms. The number of nitrogens with zero attached hydrogens (tertiary/aromatic N) is 3. The Kier molecular flexibility index (Phi) is 13.7. The van der Waals surface area contributed by atoms with E-state index in [2.05, 4.69) is 20.9 Å². The molecule has 16 nitrogen and oxygen atoms in total. The van der Waals surface area contributed by atoms with Crippen LogP contribution in [0.4, 0.5) is 10.6 Å². The Morgan fingerprint density at radius 3 is 2.43 bits per heavy atom. The van der Waals surface area contributed by atoms with E-state index in [1.54, 1.807) is 37.6 Å². The number of likely N-dealkylation sites (tertiary alicyclic amines) is 1. The zero-order valence-corrected chi connectivity index (χ0v) is 36.6. The molecule has 8 atom stereocenters. The average molecular weight is 854 g/mol. The van der Waals surface area contributed by atoms with E-state index in [1.165, 1.54) is 18.4 Å². The van der Waals surface area contributed by atoms with Crippen LogP contribution in [0.25, 0.3) is 10.9 Å². The number of anilines is 1. The fraction of sp³-hybridized carbons (Fsp3) is 0.628. The summed E-state index contributed by atoms with van der Waals surface area (Å²) in [5, 5.41) is 9.72. The van der Waals surface area contributed by atoms with Crippen molar-refractivity contribution in [3.05, 3.63) is 35.5 Å². The summed E-state index contributed by atoms with van der Waals surface area (Å²) in [6.45, 7) is 11.9. The molecule has 5 N–H and O–H groups in total. The molecule has 0 radical (unpaired) electrons. The highest BCUT2D eigenvalue weighted by Crippen LogP contribution is 2.52. The zero-order valence-electron chi connectivity index (χ0n) is 35.8. The molecular formula is C43H60ClN7O9. The first kappa shape index (κ1) is 44.7. The van der Waals surface area contributed by atoms with Crippen molar-refractivity contribution in [2.75, 3.05) is 39.3 Å². The van der Waals surface area contributed by atoms with E-state index in [1.807, 2.05) is 41.5 Å². The maximum absolute atomic E-state index is 14.8. The fourth-order valence-corrected chi connectivity index (χ4v) is 8.73. The van der Waals surface area contributed by atoms with Crippen molar-refractivity contribution in [3.8, 4) is 11.5 Å². The highest BCUT2D eigenvalue weighted by molar-refractivity contribution is 6.36. The summed E-state index contributed by atoms with van der Waals surface area (Å²) in [5.41, 5.74) is 4.46. The number of hydrogen-bond donors (Lipinski definition) is 4. The van der Waals surface area contributed by atoms with Gasteiger partial charge in [-0.15, -0.1) is 0 Å². The number of aromatic nitrogens is 1. The number of amidine groups is 1. The Balaban J connectivity index is 1.31. The van der Waals surface area contributed by atoms with Crippen LogP contribution in [0.1, 0.15) is 80.1 Å². The lowest BCUT2D eigenvalue weighted by molar-refractivity contribution is -0.148. The van der Waals surface area contributed by atoms with Gasteiger partial charge in [-0.1, -0.05) is 45.7 Å². The Bertz CT molecular complexity index is 1990. The van der Waals surface area contributed by atoms with Gasteiger partial charge in [0.2, 0.25) is 11.8 Å². The van der Waals surface area contributed by atoms with Gasteiger partial charge in [0.25, 0.3) is 0 Å². The number of amides is 3. The number of fused-ring (bicyclic) bond motifs is 2. The predicted octanol–water partition coefficient (Wildman–Crippen LogP) is 5.35. The topological polar surface area (TPSA) is 205 Å². The number of carbonyl (C=O) groups is 4. The van der Waals surface area contributed by atoms with Gasteiger partial charge in [-0.2, -0.15) is 0 Å². The average Bonchev–Trinajstić information content (AvgIpc) is 4.00. The molecule has 3 aliphatic carbocycles. The lowest BCUT2D eigenvalue weighted by atomic mass is 9.85. The molecule has 1 aromatic heterocycles. The molecule has 2 unspecified atom stereocenters. The molecule has 0 bridgehead atoms. The molecule has 2 aromatic rings. The Labute approximate surface area is 356 Å². The number of rotatable bonds is 17. The van der Waals surface area contributed by atoms with E-state index >= 15 is 0 Å². The van der Waals surface area contributed by atoms with Crippen LogP contribution in [-0.2, 0) is 28.6 Å². The number of benzene rings is 1. The molecule has 17 heteroatoms. The van der Waals surface area contributed by atoms with E-state index in [0.29, 0.717) is 65.3 Å². The first-order valence-electron chi connectivity index (χ1n) is 20.8. The third-order valence-electron chi connectivity index (χ3n) is 11.8. The molecule has 2 heterocycles. The standard InChI is InChI=1S/C43H60ClN7O9/c1-9-26-21-43(26,40(54)57-8)50-38(52)30-19-28(22-51(30)39(53)37(42(4,5)6)49-41(55)60-27-17-24-16-25(24)18-27)59-32-20-34(46-13-12-33(45)47-23(2)3)48-36-29(32)10-11-31(35(36)44)58-15-14-56-7/h10-13,20,23-28,30,37H,9,14-19,21-22H2,1-8H3,(H2,45,47)(H,46,48)(H,49,55)(H,50,52)/b13-12-/t24-,25+,26-,27?,28?,30+,37-,43-/m1/s1. The third kappa shape index (κ3) is 10.2. The first-order valence-corrected chi connectivity index (χ1v) is 21.2. The van der Waals surface area contributed by atoms with Gasteiger partial charge in [0, 0.05) is 37.2 Å². The lowest BCUT2D eigenvalue weighted by Gasteiger charge is -2.35. The lowest BCUT2D eigenvalue weighted by Crippen LogP contribution is -2.59. The second kappa shape index (κ2) is 18.4. The highest BCUT2D eigenvalue weighted by atomic mass is 35.5. The van der Waals surface area contributed by atoms with Crippen molar-refractivity contribution in [1.82, 2.24) is 20.5 Å². The summed E-state index contributed by atoms with van der Waals surface area (Å²) >= 11 is 6.91. The van der Waals surface area contributed by atoms with Crippen molar-refractivity contribution in [2.45, 2.75) is 116 Å². The third-order valence-corrected chi connectivity index (χ3v) is 12.1. The number of esters is 1. The predicted molar refractivity (Wildman–Crippen MR) is 227 cm³/mol. The summed E-state index contributed by atoms with van der Waals surface area (Å²) < 4.78 is 28.6. The number of nitrogens with one attached hydrogen (secondary N) is 3. The number of carbonyl (C=O) groups excluding carboxylic acids is 4. The minimum absolute atomic E-state index is 0.00143. The minimum atomic E-state index is -1.19. The van der Waals surface area contributed by atoms with Crippen LogP contribution in [-0.4, -0.2) is 109 Å². The van der Waals surface area contributed by atoms with E-state index in [4.69, 9.17) is 46.0 Å². The molecule has 4 aliphatic rings. The number of aliphatic imine (C=N–C) groups is 1. The van der Waals surface area contributed by atoms with Gasteiger partial charge in [0.05, 0.1) is 25.8 Å². The second-order valence-corrected chi connectivity index (χ2v) is 18.1. The quantitative estimate of drug-likeness (QED) is 0.0689. The summed E-state index contributed by atoms with van der Waals surface area (Å²) in [5.74, 6) is 0.984. The van der Waals surface area contributed by atoms with Gasteiger partial charge in [-0.3, -0.25) is 14.6 Å². The molecular weight excluding hydrogens is 794 g/mol. The largest absolute Gasteiger partial charge is 0.490 e. The van der Waals surface area contributed by atoms with Crippen LogP contribution in [0.15, 0.2) is 35.5 Å². The van der Waals surface area contributed by atoms with Gasteiger partial charge in [0.1, 0.15) is 64.6 Å². The molecule has 4 fully saturated rings. The number of ether oxygens (including phenoxy) is 5. The molecule has 6 rings (SSSR count). The van der Waals surface area contributed by atoms with Crippen LogP contribution >= 0.6 is 11.6 Å². The summed E-state index contributed by atoms with van der Waals surface area (Å²) in [7, 11) is 2.86. The smallest absolute Gasteiger partial charge is 0.408 e. The molecule has 328 valence electrons. The Morgan fingerprint density at radius 1 is 1.07 bits per heavy atom. The van der Waals surface area contributed by atoms with E-state index < -0.39 is 53.0 Å². The van der Waals surface area contributed by atoms with E-state index in [9.17, 15) is 19.2 Å². The van der Waals surface area contributed by atoms with Crippen molar-refractivity contribution >= 4 is 58.0 Å². The number of alkyl carbamates (subject to hydrolysis) is 1. The van der Waals surface area contributed by atoms with Gasteiger partial charge in [0.15, 0.2) is 0 Å². The number of halogens is 1. The van der Waals surface area contributed by atoms with Crippen LogP contribution in [0.5, 0.6) is 11.5 Å². The van der Waals surface area contributed by atoms with Crippen LogP contribution in [0.2, 0.25) is 5.02 Å². The van der Waals surface area contributed by atoms with E-state index in [-0.39, 0.29) is 42.7 Å². The zero-order chi connectivity index (χ0) is 43.5. The number of nitrogens with two attached hydrogens (primary N) is 1. The maximum atomic E-state index is 14.8. The SMILES string of the molecule is CC[C@@H]1C[C@]1(NC(=O)[C@@H]1CC(Oc2cc(N/C=C\C(N)=NC(C)C)nc3c(Cl)c(OCCOC)ccc23)CN1C(=O)[C@@H](NC(=O)OC1C[C@@H]2C[C@@H]2C1)C(C)(C)C)C(=O)OC. The molecule has 3 amide bonds. The Hall–Kier alpha value is -4.83. The van der Waals surface area contributed by atoms with Crippen molar-refractivity contribution < 1.29 is 42.9 Å². The van der Waals surface area contributed by atoms with Crippen molar-refractivity contribution in [2.24, 2.45) is 33.9 Å². The van der Waals surface area contributed by atoms with Crippen molar-refractivity contribution in [1.29, 1.82) is 0 Å². The molecule has 3 saturated carbocycles. The fourth-order valence-electron chi connectivity index (χ4n) is 8.47. The minimum Gasteiger partial charge on any atom is -0.490 e. The number of hydrogen-bond acceptors (Lipinski definition) is 12. The molecule has 60 heavy (non-hydrogen) atoms. The Morgan fingerprint density at radius 2 is 1.80 bits per heavy atom. The second-order valence-electron chi connectivity index (χ2n) is 17.7. The van der Waals surface area contributed by atoms with E-state index in [0.717, 1.165) is 12.8 Å². The van der Waals surface area contributed by atoms with Gasteiger partial charge in [-0.05, 0) is 80.9 Å². The molecule has 1 aromatic carbocycles. The monoisotopic (exact) mass is 853 g/mol. The normalized spacial score (nSPS) is 26.4. The van der Waals surface area contributed by atoms with Gasteiger partial charge in [-0.25, -0.2) is 14.6 Å². The molecule has 1 aliphatic heterocycles.